The van der Waals surface area contributed by atoms with Crippen LogP contribution in [-0.2, 0) is 0 Å². The largest absolute Gasteiger partial charge is 0.485 e. The second kappa shape index (κ2) is 6.42. The highest BCUT2D eigenvalue weighted by molar-refractivity contribution is 9.10. The second-order valence-corrected chi connectivity index (χ2v) is 5.55. The lowest BCUT2D eigenvalue weighted by Gasteiger charge is -2.07. The van der Waals surface area contributed by atoms with Crippen LogP contribution in [0.4, 0.5) is 0 Å². The van der Waals surface area contributed by atoms with Crippen molar-refractivity contribution in [1.29, 1.82) is 0 Å². The molecule has 0 bridgehead atoms. The van der Waals surface area contributed by atoms with E-state index in [1.807, 2.05) is 12.1 Å². The maximum absolute atomic E-state index is 12.0. The molecule has 2 rings (SSSR count). The van der Waals surface area contributed by atoms with Crippen molar-refractivity contribution in [3.05, 3.63) is 62.5 Å². The number of benzene rings is 2. The molecule has 0 saturated heterocycles. The minimum Gasteiger partial charge on any atom is -0.485 e. The van der Waals surface area contributed by atoms with Crippen LogP contribution >= 0.6 is 39.1 Å². The number of ketones is 1. The van der Waals surface area contributed by atoms with Gasteiger partial charge in [0.2, 0.25) is 5.78 Å². The van der Waals surface area contributed by atoms with Crippen molar-refractivity contribution in [3.8, 4) is 5.75 Å². The lowest BCUT2D eigenvalue weighted by Crippen LogP contribution is -2.12. The van der Waals surface area contributed by atoms with Crippen LogP contribution in [-0.4, -0.2) is 12.4 Å². The zero-order valence-electron chi connectivity index (χ0n) is 9.70. The first-order valence-corrected chi connectivity index (χ1v) is 6.98. The molecule has 2 nitrogen and oxygen atoms in total. The molecule has 0 fully saturated rings. The Kier molecular flexibility index (Phi) is 4.86. The minimum absolute atomic E-state index is 0.0817. The van der Waals surface area contributed by atoms with Crippen LogP contribution < -0.4 is 4.74 Å². The molecule has 0 spiro atoms. The van der Waals surface area contributed by atoms with Crippen LogP contribution in [0.15, 0.2) is 46.9 Å². The smallest absolute Gasteiger partial charge is 0.201 e. The van der Waals surface area contributed by atoms with Gasteiger partial charge in [-0.05, 0) is 42.5 Å². The molecule has 2 aromatic carbocycles. The van der Waals surface area contributed by atoms with E-state index in [4.69, 9.17) is 27.9 Å². The number of hydrogen-bond acceptors (Lipinski definition) is 2. The van der Waals surface area contributed by atoms with Gasteiger partial charge in [-0.25, -0.2) is 0 Å². The average Bonchev–Trinajstić information content (AvgIpc) is 2.40. The van der Waals surface area contributed by atoms with Crippen LogP contribution in [0.2, 0.25) is 10.0 Å². The summed E-state index contributed by atoms with van der Waals surface area (Å²) in [7, 11) is 0. The third-order valence-corrected chi connectivity index (χ3v) is 3.51. The van der Waals surface area contributed by atoms with Crippen molar-refractivity contribution in [2.24, 2.45) is 0 Å². The van der Waals surface area contributed by atoms with E-state index in [2.05, 4.69) is 15.9 Å². The van der Waals surface area contributed by atoms with Gasteiger partial charge in [-0.1, -0.05) is 39.1 Å². The summed E-state index contributed by atoms with van der Waals surface area (Å²) in [4.78, 5) is 12.0. The predicted octanol–water partition coefficient (Wildman–Crippen LogP) is 5.02. The van der Waals surface area contributed by atoms with Crippen LogP contribution in [0.3, 0.4) is 0 Å². The molecule has 5 heteroatoms. The second-order valence-electron chi connectivity index (χ2n) is 3.79. The van der Waals surface area contributed by atoms with E-state index >= 15 is 0 Å². The van der Waals surface area contributed by atoms with E-state index in [-0.39, 0.29) is 12.4 Å². The van der Waals surface area contributed by atoms with Gasteiger partial charge in [0.25, 0.3) is 0 Å². The van der Waals surface area contributed by atoms with Crippen molar-refractivity contribution in [1.82, 2.24) is 0 Å². The van der Waals surface area contributed by atoms with E-state index in [9.17, 15) is 4.79 Å². The van der Waals surface area contributed by atoms with E-state index in [0.717, 1.165) is 4.47 Å². The lowest BCUT2D eigenvalue weighted by atomic mass is 10.1. The molecule has 98 valence electrons. The fraction of sp³-hybridized carbons (Fsp3) is 0.0714. The van der Waals surface area contributed by atoms with Gasteiger partial charge in [-0.2, -0.15) is 0 Å². The highest BCUT2D eigenvalue weighted by atomic mass is 79.9. The molecule has 19 heavy (non-hydrogen) atoms. The van der Waals surface area contributed by atoms with Crippen molar-refractivity contribution in [2.75, 3.05) is 6.61 Å². The summed E-state index contributed by atoms with van der Waals surface area (Å²) < 4.78 is 6.35. The van der Waals surface area contributed by atoms with Gasteiger partial charge in [0, 0.05) is 15.1 Å². The lowest BCUT2D eigenvalue weighted by molar-refractivity contribution is 0.0921. The van der Waals surface area contributed by atoms with Gasteiger partial charge >= 0.3 is 0 Å². The SMILES string of the molecule is O=C(COc1ccc(Br)cc1)c1cc(Cl)ccc1Cl. The van der Waals surface area contributed by atoms with E-state index in [0.29, 0.717) is 21.4 Å². The summed E-state index contributed by atoms with van der Waals surface area (Å²) >= 11 is 15.1. The van der Waals surface area contributed by atoms with Crippen LogP contribution in [0.5, 0.6) is 5.75 Å². The highest BCUT2D eigenvalue weighted by Crippen LogP contribution is 2.22. The Balaban J connectivity index is 2.05. The van der Waals surface area contributed by atoms with Gasteiger partial charge in [0.15, 0.2) is 6.61 Å². The number of halogens is 3. The molecule has 0 amide bonds. The van der Waals surface area contributed by atoms with Gasteiger partial charge in [0.05, 0.1) is 5.02 Å². The Labute approximate surface area is 129 Å². The molecular weight excluding hydrogens is 351 g/mol. The van der Waals surface area contributed by atoms with E-state index in [1.54, 1.807) is 24.3 Å². The third kappa shape index (κ3) is 3.96. The number of Topliss-reactive ketones (excluding diaryl/α,β-unsaturated/α-hetero) is 1. The standard InChI is InChI=1S/C14H9BrCl2O2/c15-9-1-4-11(5-2-9)19-8-14(18)12-7-10(16)3-6-13(12)17/h1-7H,8H2. The average molecular weight is 360 g/mol. The molecule has 0 aliphatic heterocycles. The summed E-state index contributed by atoms with van der Waals surface area (Å²) in [5.41, 5.74) is 0.367. The zero-order valence-corrected chi connectivity index (χ0v) is 12.8. The predicted molar refractivity (Wildman–Crippen MR) is 80.4 cm³/mol. The number of rotatable bonds is 4. The summed E-state index contributed by atoms with van der Waals surface area (Å²) in [6.07, 6.45) is 0. The van der Waals surface area contributed by atoms with Gasteiger partial charge in [-0.15, -0.1) is 0 Å². The zero-order chi connectivity index (χ0) is 13.8. The number of carbonyl (C=O) groups excluding carboxylic acids is 1. The summed E-state index contributed by atoms with van der Waals surface area (Å²) in [6.45, 7) is -0.0817. The topological polar surface area (TPSA) is 26.3 Å². The van der Waals surface area contributed by atoms with Gasteiger partial charge in [-0.3, -0.25) is 4.79 Å². The Morgan fingerprint density at radius 1 is 1.11 bits per heavy atom. The Hall–Kier alpha value is -1.03. The third-order valence-electron chi connectivity index (χ3n) is 2.41. The minimum atomic E-state index is -0.213. The molecule has 0 aliphatic carbocycles. The molecule has 0 radical (unpaired) electrons. The quantitative estimate of drug-likeness (QED) is 0.716. The molecule has 0 aromatic heterocycles. The Bertz CT molecular complexity index is 597. The van der Waals surface area contributed by atoms with Crippen LogP contribution in [0.25, 0.3) is 0 Å². The number of ether oxygens (including phenoxy) is 1. The molecule has 2 aromatic rings. The number of hydrogen-bond donors (Lipinski definition) is 0. The first-order valence-electron chi connectivity index (χ1n) is 5.43. The molecule has 0 unspecified atom stereocenters. The van der Waals surface area contributed by atoms with E-state index < -0.39 is 0 Å². The van der Waals surface area contributed by atoms with Crippen molar-refractivity contribution < 1.29 is 9.53 Å². The molecule has 0 aliphatic rings. The fourth-order valence-electron chi connectivity index (χ4n) is 1.47. The van der Waals surface area contributed by atoms with Crippen molar-refractivity contribution in [2.45, 2.75) is 0 Å². The molecule has 0 saturated carbocycles. The molecule has 0 heterocycles. The first-order chi connectivity index (χ1) is 9.06. The van der Waals surface area contributed by atoms with E-state index in [1.165, 1.54) is 6.07 Å². The summed E-state index contributed by atoms with van der Waals surface area (Å²) in [5, 5.41) is 0.838. The maximum Gasteiger partial charge on any atom is 0.201 e. The maximum atomic E-state index is 12.0. The monoisotopic (exact) mass is 358 g/mol. The Morgan fingerprint density at radius 3 is 2.47 bits per heavy atom. The molecule has 0 atom stereocenters. The van der Waals surface area contributed by atoms with Gasteiger partial charge < -0.3 is 4.74 Å². The molecule has 0 N–H and O–H groups in total. The van der Waals surface area contributed by atoms with Crippen LogP contribution in [0, 0.1) is 0 Å². The number of carbonyl (C=O) groups is 1. The Morgan fingerprint density at radius 2 is 1.79 bits per heavy atom. The summed E-state index contributed by atoms with van der Waals surface area (Å²) in [6, 6.07) is 12.0. The van der Waals surface area contributed by atoms with Crippen LogP contribution in [0.1, 0.15) is 10.4 Å². The first kappa shape index (κ1) is 14.4. The fourth-order valence-corrected chi connectivity index (χ4v) is 2.13. The summed E-state index contributed by atoms with van der Waals surface area (Å²) in [5.74, 6) is 0.408. The van der Waals surface area contributed by atoms with Gasteiger partial charge in [0.1, 0.15) is 5.75 Å². The highest BCUT2D eigenvalue weighted by Gasteiger charge is 2.11. The normalized spacial score (nSPS) is 10.3. The molecular formula is C14H9BrCl2O2. The van der Waals surface area contributed by atoms with Crippen molar-refractivity contribution in [3.63, 3.8) is 0 Å². The van der Waals surface area contributed by atoms with Crippen molar-refractivity contribution >= 4 is 44.9 Å².